The first kappa shape index (κ1) is 27.2. The van der Waals surface area contributed by atoms with E-state index in [1.807, 2.05) is 65.2 Å². The summed E-state index contributed by atoms with van der Waals surface area (Å²) < 4.78 is 8.56. The minimum Gasteiger partial charge on any atom is -0.378 e. The van der Waals surface area contributed by atoms with Gasteiger partial charge in [0.2, 0.25) is 5.95 Å². The van der Waals surface area contributed by atoms with E-state index in [2.05, 4.69) is 71.7 Å². The maximum absolute atomic E-state index is 10.6. The Labute approximate surface area is 250 Å². The largest absolute Gasteiger partial charge is 0.378 e. The van der Waals surface area contributed by atoms with Gasteiger partial charge in [0.1, 0.15) is 16.7 Å². The summed E-state index contributed by atoms with van der Waals surface area (Å²) in [5.41, 5.74) is 4.37. The summed E-state index contributed by atoms with van der Waals surface area (Å²) in [5, 5.41) is 22.7. The molecule has 39 heavy (non-hydrogen) atoms. The van der Waals surface area contributed by atoms with Crippen molar-refractivity contribution in [2.24, 2.45) is 0 Å². The molecule has 4 aromatic rings. The van der Waals surface area contributed by atoms with Crippen molar-refractivity contribution in [3.63, 3.8) is 0 Å². The molecular weight excluding hydrogens is 640 g/mol. The number of aromatic nitrogens is 3. The molecule has 6 rings (SSSR count). The van der Waals surface area contributed by atoms with Gasteiger partial charge in [0, 0.05) is 28.7 Å². The van der Waals surface area contributed by atoms with Gasteiger partial charge in [-0.1, -0.05) is 76.2 Å². The van der Waals surface area contributed by atoms with Gasteiger partial charge in [0.25, 0.3) is 0 Å². The zero-order chi connectivity index (χ0) is 25.9. The molecule has 0 aliphatic carbocycles. The highest BCUT2D eigenvalue weighted by Crippen LogP contribution is 2.46. The number of hydrogen-bond acceptors (Lipinski definition) is 7. The highest BCUT2D eigenvalue weighted by Gasteiger charge is 2.31. The van der Waals surface area contributed by atoms with Crippen LogP contribution in [0.15, 0.2) is 99.8 Å². The van der Waals surface area contributed by atoms with E-state index in [9.17, 15) is 5.26 Å². The number of para-hydroxylation sites is 2. The van der Waals surface area contributed by atoms with Crippen LogP contribution in [-0.4, -0.2) is 41.1 Å². The zero-order valence-electron chi connectivity index (χ0n) is 20.8. The van der Waals surface area contributed by atoms with Gasteiger partial charge < -0.3 is 14.5 Å². The fourth-order valence-electron chi connectivity index (χ4n) is 4.56. The fraction of sp³-hybridized carbons (Fsp3) is 0.138. The van der Waals surface area contributed by atoms with Gasteiger partial charge in [-0.15, -0.1) is 27.2 Å². The molecule has 0 radical (unpaired) electrons. The quantitative estimate of drug-likeness (QED) is 0.216. The van der Waals surface area contributed by atoms with Gasteiger partial charge in [-0.2, -0.15) is 5.26 Å². The molecule has 7 nitrogen and oxygen atoms in total. The predicted octanol–water partition coefficient (Wildman–Crippen LogP) is 6.89. The van der Waals surface area contributed by atoms with Crippen molar-refractivity contribution < 1.29 is 4.74 Å². The number of ether oxygens (including phenoxy) is 1. The van der Waals surface area contributed by atoms with E-state index in [1.165, 1.54) is 11.8 Å². The van der Waals surface area contributed by atoms with Crippen LogP contribution in [0, 0.1) is 11.3 Å². The Kier molecular flexibility index (Phi) is 8.53. The van der Waals surface area contributed by atoms with Crippen molar-refractivity contribution in [1.29, 1.82) is 5.26 Å². The van der Waals surface area contributed by atoms with Crippen LogP contribution in [0.2, 0.25) is 0 Å². The topological polar surface area (TPSA) is 70.2 Å². The number of allylic oxidation sites excluding steroid dienone is 1. The van der Waals surface area contributed by atoms with Gasteiger partial charge in [-0.05, 0) is 42.0 Å². The SMILES string of the molecule is Br.N#C/C(=C1/SC=C(c2ccc(Br)cc2)N1c1ccccc1)c1nnc(N2CCOCC2)n1-c1ccccc1. The number of halogens is 2. The molecule has 2 aliphatic heterocycles. The van der Waals surface area contributed by atoms with Gasteiger partial charge in [-0.3, -0.25) is 4.57 Å². The zero-order valence-corrected chi connectivity index (χ0v) is 24.9. The standard InChI is InChI=1S/C29H23BrN6OS.BrH/c30-22-13-11-21(12-14-22)26-20-38-28(35(26)23-7-3-1-4-8-23)25(19-31)27-32-33-29(34-15-17-37-18-16-34)36(27)24-9-5-2-6-10-24;/h1-14,20H,15-18H2;1H/b28-25-;. The summed E-state index contributed by atoms with van der Waals surface area (Å²) in [6.45, 7) is 2.68. The maximum atomic E-state index is 10.6. The lowest BCUT2D eigenvalue weighted by molar-refractivity contribution is 0.122. The highest BCUT2D eigenvalue weighted by atomic mass is 79.9. The molecule has 0 unspecified atom stereocenters. The van der Waals surface area contributed by atoms with Crippen LogP contribution in [0.4, 0.5) is 11.6 Å². The Hall–Kier alpha value is -3.36. The van der Waals surface area contributed by atoms with Gasteiger partial charge in [0.15, 0.2) is 5.82 Å². The minimum atomic E-state index is 0. The van der Waals surface area contributed by atoms with Crippen LogP contribution >= 0.6 is 44.7 Å². The molecular formula is C29H24Br2N6OS. The number of morpholine rings is 1. The minimum absolute atomic E-state index is 0. The number of anilines is 2. The van der Waals surface area contributed by atoms with Crippen molar-refractivity contribution in [2.45, 2.75) is 0 Å². The number of benzene rings is 3. The second-order valence-corrected chi connectivity index (χ2v) is 10.5. The Morgan fingerprint density at radius 1 is 0.872 bits per heavy atom. The van der Waals surface area contributed by atoms with E-state index in [1.54, 1.807) is 0 Å². The summed E-state index contributed by atoms with van der Waals surface area (Å²) >= 11 is 5.06. The van der Waals surface area contributed by atoms with E-state index in [4.69, 9.17) is 4.74 Å². The van der Waals surface area contributed by atoms with Gasteiger partial charge in [-0.25, -0.2) is 0 Å². The Bertz CT molecular complexity index is 1540. The molecule has 2 aliphatic rings. The van der Waals surface area contributed by atoms with E-state index in [0.717, 1.165) is 32.1 Å². The predicted molar refractivity (Wildman–Crippen MR) is 166 cm³/mol. The monoisotopic (exact) mass is 662 g/mol. The first-order valence-corrected chi connectivity index (χ1v) is 13.9. The third kappa shape index (κ3) is 5.40. The molecule has 0 saturated carbocycles. The molecule has 0 spiro atoms. The molecule has 3 aromatic carbocycles. The molecule has 1 saturated heterocycles. The third-order valence-electron chi connectivity index (χ3n) is 6.38. The van der Waals surface area contributed by atoms with E-state index in [-0.39, 0.29) is 17.0 Å². The van der Waals surface area contributed by atoms with Crippen LogP contribution in [0.25, 0.3) is 17.0 Å². The summed E-state index contributed by atoms with van der Waals surface area (Å²) in [4.78, 5) is 4.29. The van der Waals surface area contributed by atoms with Crippen molar-refractivity contribution in [1.82, 2.24) is 14.8 Å². The van der Waals surface area contributed by atoms with Gasteiger partial charge in [0.05, 0.1) is 24.6 Å². The lowest BCUT2D eigenvalue weighted by Crippen LogP contribution is -2.38. The van der Waals surface area contributed by atoms with Crippen LogP contribution in [0.5, 0.6) is 0 Å². The second-order valence-electron chi connectivity index (χ2n) is 8.68. The van der Waals surface area contributed by atoms with Crippen LogP contribution in [0.1, 0.15) is 11.4 Å². The number of rotatable bonds is 5. The number of hydrogen-bond donors (Lipinski definition) is 0. The highest BCUT2D eigenvalue weighted by molar-refractivity contribution is 9.10. The molecule has 196 valence electrons. The molecule has 1 fully saturated rings. The Morgan fingerprint density at radius 2 is 1.51 bits per heavy atom. The number of nitriles is 1. The Balaban J connectivity index is 0.00000308. The van der Waals surface area contributed by atoms with Crippen molar-refractivity contribution in [2.75, 3.05) is 36.1 Å². The fourth-order valence-corrected chi connectivity index (χ4v) is 5.86. The summed E-state index contributed by atoms with van der Waals surface area (Å²) in [7, 11) is 0. The molecule has 0 amide bonds. The summed E-state index contributed by atoms with van der Waals surface area (Å²) in [5.74, 6) is 1.22. The lowest BCUT2D eigenvalue weighted by atomic mass is 10.1. The molecule has 0 atom stereocenters. The molecule has 3 heterocycles. The summed E-state index contributed by atoms with van der Waals surface area (Å²) in [6.07, 6.45) is 0. The number of nitrogens with zero attached hydrogens (tertiary/aromatic N) is 6. The molecule has 0 bridgehead atoms. The Morgan fingerprint density at radius 3 is 2.15 bits per heavy atom. The lowest BCUT2D eigenvalue weighted by Gasteiger charge is -2.28. The normalized spacial score (nSPS) is 16.4. The average molecular weight is 664 g/mol. The third-order valence-corrected chi connectivity index (χ3v) is 7.86. The van der Waals surface area contributed by atoms with E-state index in [0.29, 0.717) is 43.6 Å². The maximum Gasteiger partial charge on any atom is 0.232 e. The van der Waals surface area contributed by atoms with E-state index >= 15 is 0 Å². The first-order valence-electron chi connectivity index (χ1n) is 12.2. The average Bonchev–Trinajstić information content (AvgIpc) is 3.61. The number of thioether (sulfide) groups is 1. The van der Waals surface area contributed by atoms with Crippen LogP contribution < -0.4 is 9.80 Å². The summed E-state index contributed by atoms with van der Waals surface area (Å²) in [6, 6.07) is 30.7. The van der Waals surface area contributed by atoms with Gasteiger partial charge >= 0.3 is 0 Å². The molecule has 0 N–H and O–H groups in total. The van der Waals surface area contributed by atoms with Crippen LogP contribution in [0.3, 0.4) is 0 Å². The molecule has 1 aromatic heterocycles. The van der Waals surface area contributed by atoms with Crippen LogP contribution in [-0.2, 0) is 4.74 Å². The second kappa shape index (κ2) is 12.2. The van der Waals surface area contributed by atoms with Crippen molar-refractivity contribution >= 4 is 67.6 Å². The first-order chi connectivity index (χ1) is 18.7. The smallest absolute Gasteiger partial charge is 0.232 e. The van der Waals surface area contributed by atoms with Crippen molar-refractivity contribution in [3.05, 3.63) is 111 Å². The van der Waals surface area contributed by atoms with Crippen molar-refractivity contribution in [3.8, 4) is 11.8 Å². The van der Waals surface area contributed by atoms with E-state index < -0.39 is 0 Å². The molecule has 10 heteroatoms.